The molecule has 2 N–H and O–H groups in total. The Labute approximate surface area is 297 Å². The SMILES string of the molecule is C[C@@H]1CC[C@@H](c2ncc(-c3ccc(-c4ccc(-c5nc(CN(C(=O)OC(C)(C)C)[C@@H]6C[C@@H]6C)[nH]c5Br)cc4)cc3)[nH]2)N1C(=O)OC(C)(C)C. The first-order valence-electron chi connectivity index (χ1n) is 17.1. The first kappa shape index (κ1) is 34.7. The zero-order chi connectivity index (χ0) is 35.2. The van der Waals surface area contributed by atoms with Crippen molar-refractivity contribution < 1.29 is 19.1 Å². The molecule has 2 aromatic carbocycles. The van der Waals surface area contributed by atoms with Crippen LogP contribution in [-0.4, -0.2) is 65.2 Å². The number of amides is 2. The zero-order valence-electron chi connectivity index (χ0n) is 29.6. The normalized spacial score (nSPS) is 20.7. The van der Waals surface area contributed by atoms with Crippen molar-refractivity contribution in [2.24, 2.45) is 5.92 Å². The van der Waals surface area contributed by atoms with E-state index in [1.807, 2.05) is 52.6 Å². The molecule has 11 heteroatoms. The van der Waals surface area contributed by atoms with E-state index >= 15 is 0 Å². The van der Waals surface area contributed by atoms with Gasteiger partial charge < -0.3 is 19.4 Å². The maximum Gasteiger partial charge on any atom is 0.411 e. The predicted molar refractivity (Wildman–Crippen MR) is 194 cm³/mol. The average Bonchev–Trinajstić information content (AvgIpc) is 3.35. The molecule has 2 aliphatic rings. The van der Waals surface area contributed by atoms with Crippen LogP contribution in [0.4, 0.5) is 9.59 Å². The van der Waals surface area contributed by atoms with Gasteiger partial charge in [0.1, 0.15) is 33.1 Å². The van der Waals surface area contributed by atoms with Crippen LogP contribution < -0.4 is 0 Å². The molecule has 1 aliphatic heterocycles. The van der Waals surface area contributed by atoms with Gasteiger partial charge in [0.05, 0.1) is 24.5 Å². The van der Waals surface area contributed by atoms with Gasteiger partial charge >= 0.3 is 12.2 Å². The number of nitrogens with one attached hydrogen (secondary N) is 2. The van der Waals surface area contributed by atoms with E-state index in [2.05, 4.69) is 93.3 Å². The number of benzene rings is 2. The third-order valence-corrected chi connectivity index (χ3v) is 9.57. The third-order valence-electron chi connectivity index (χ3n) is 9.00. The number of hydrogen-bond acceptors (Lipinski definition) is 6. The van der Waals surface area contributed by atoms with Gasteiger partial charge in [0.2, 0.25) is 0 Å². The summed E-state index contributed by atoms with van der Waals surface area (Å²) in [5, 5.41) is 0. The number of nitrogens with zero attached hydrogens (tertiary/aromatic N) is 4. The highest BCUT2D eigenvalue weighted by Gasteiger charge is 2.43. The number of likely N-dealkylation sites (tertiary alicyclic amines) is 1. The lowest BCUT2D eigenvalue weighted by Crippen LogP contribution is -2.40. The number of imidazole rings is 2. The van der Waals surface area contributed by atoms with Crippen molar-refractivity contribution in [1.82, 2.24) is 29.7 Å². The molecule has 0 spiro atoms. The second-order valence-corrected chi connectivity index (χ2v) is 16.2. The minimum absolute atomic E-state index is 0.0843. The van der Waals surface area contributed by atoms with Crippen LogP contribution in [0.3, 0.4) is 0 Å². The number of H-pyrrole nitrogens is 2. The summed E-state index contributed by atoms with van der Waals surface area (Å²) < 4.78 is 12.2. The van der Waals surface area contributed by atoms with Gasteiger partial charge in [-0.15, -0.1) is 0 Å². The molecule has 1 saturated heterocycles. The molecule has 2 amide bonds. The summed E-state index contributed by atoms with van der Waals surface area (Å²) in [4.78, 5) is 45.9. The van der Waals surface area contributed by atoms with Gasteiger partial charge in [-0.2, -0.15) is 0 Å². The monoisotopic (exact) mass is 730 g/mol. The van der Waals surface area contributed by atoms with E-state index in [4.69, 9.17) is 14.5 Å². The zero-order valence-corrected chi connectivity index (χ0v) is 31.2. The number of carbonyl (C=O) groups is 2. The van der Waals surface area contributed by atoms with E-state index in [9.17, 15) is 9.59 Å². The Bertz CT molecular complexity index is 1800. The molecular weight excluding hydrogens is 684 g/mol. The Morgan fingerprint density at radius 3 is 2.02 bits per heavy atom. The van der Waals surface area contributed by atoms with E-state index in [-0.39, 0.29) is 30.3 Å². The van der Waals surface area contributed by atoms with E-state index in [1.165, 1.54) is 0 Å². The van der Waals surface area contributed by atoms with Crippen molar-refractivity contribution in [3.8, 4) is 33.6 Å². The maximum atomic E-state index is 13.0. The molecule has 6 rings (SSSR count). The summed E-state index contributed by atoms with van der Waals surface area (Å²) in [5.41, 5.74) is 4.73. The maximum absolute atomic E-state index is 13.0. The van der Waals surface area contributed by atoms with Crippen LogP contribution in [0, 0.1) is 5.92 Å². The molecule has 2 fully saturated rings. The smallest absolute Gasteiger partial charge is 0.411 e. The van der Waals surface area contributed by atoms with Gasteiger partial charge in [0, 0.05) is 17.6 Å². The lowest BCUT2D eigenvalue weighted by atomic mass is 10.0. The lowest BCUT2D eigenvalue weighted by molar-refractivity contribution is 0.0149. The summed E-state index contributed by atoms with van der Waals surface area (Å²) in [5.74, 6) is 1.92. The molecule has 0 bridgehead atoms. The summed E-state index contributed by atoms with van der Waals surface area (Å²) >= 11 is 3.65. The number of aromatic nitrogens is 4. The van der Waals surface area contributed by atoms with Crippen LogP contribution >= 0.6 is 15.9 Å². The average molecular weight is 732 g/mol. The number of carbonyl (C=O) groups excluding carboxylic acids is 2. The standard InChI is InChI=1S/C38H47BrN6O4/c1-22-19-30(22)44(35(46)48-37(3,4)5)21-31-42-32(33(39)43-31)27-16-12-25(13-17-27)24-10-14-26(15-11-24)28-20-40-34(41-28)29-18-9-23(2)45(29)36(47)49-38(6,7)8/h10-17,20,22-23,29-30H,9,18-19,21H2,1-8H3,(H,40,41)(H,42,43)/t22-,23+,29-,30+/m0/s1. The Kier molecular flexibility index (Phi) is 9.43. The Morgan fingerprint density at radius 1 is 0.878 bits per heavy atom. The Balaban J connectivity index is 1.13. The predicted octanol–water partition coefficient (Wildman–Crippen LogP) is 9.50. The highest BCUT2D eigenvalue weighted by Crippen LogP contribution is 2.38. The fourth-order valence-corrected chi connectivity index (χ4v) is 6.94. The fourth-order valence-electron chi connectivity index (χ4n) is 6.39. The van der Waals surface area contributed by atoms with Crippen LogP contribution in [0.5, 0.6) is 0 Å². The van der Waals surface area contributed by atoms with Gasteiger partial charge in [-0.05, 0) is 106 Å². The molecule has 49 heavy (non-hydrogen) atoms. The van der Waals surface area contributed by atoms with Gasteiger partial charge in [-0.25, -0.2) is 19.6 Å². The van der Waals surface area contributed by atoms with E-state index in [0.717, 1.165) is 63.3 Å². The summed E-state index contributed by atoms with van der Waals surface area (Å²) in [7, 11) is 0. The molecular formula is C38H47BrN6O4. The highest BCUT2D eigenvalue weighted by molar-refractivity contribution is 9.10. The van der Waals surface area contributed by atoms with Gasteiger partial charge in [-0.1, -0.05) is 55.5 Å². The first-order valence-corrected chi connectivity index (χ1v) is 17.9. The number of aromatic amines is 2. The summed E-state index contributed by atoms with van der Waals surface area (Å²) in [6, 6.07) is 16.8. The van der Waals surface area contributed by atoms with Crippen molar-refractivity contribution in [2.75, 3.05) is 0 Å². The largest absolute Gasteiger partial charge is 0.444 e. The number of hydrogen-bond donors (Lipinski definition) is 2. The van der Waals surface area contributed by atoms with Gasteiger partial charge in [0.15, 0.2) is 0 Å². The minimum atomic E-state index is -0.561. The molecule has 10 nitrogen and oxygen atoms in total. The molecule has 260 valence electrons. The Hall–Kier alpha value is -4.12. The van der Waals surface area contributed by atoms with E-state index in [0.29, 0.717) is 18.3 Å². The van der Waals surface area contributed by atoms with Crippen LogP contribution in [0.25, 0.3) is 33.6 Å². The van der Waals surface area contributed by atoms with Gasteiger partial charge in [-0.3, -0.25) is 9.80 Å². The topological polar surface area (TPSA) is 116 Å². The van der Waals surface area contributed by atoms with Crippen molar-refractivity contribution in [3.63, 3.8) is 0 Å². The molecule has 1 saturated carbocycles. The second-order valence-electron chi connectivity index (χ2n) is 15.4. The van der Waals surface area contributed by atoms with Crippen LogP contribution in [0.2, 0.25) is 0 Å². The number of ether oxygens (including phenoxy) is 2. The quantitative estimate of drug-likeness (QED) is 0.196. The third kappa shape index (κ3) is 8.03. The number of rotatable bonds is 7. The van der Waals surface area contributed by atoms with Gasteiger partial charge in [0.25, 0.3) is 0 Å². The molecule has 4 aromatic rings. The molecule has 0 unspecified atom stereocenters. The molecule has 1 aliphatic carbocycles. The van der Waals surface area contributed by atoms with E-state index in [1.54, 1.807) is 4.90 Å². The highest BCUT2D eigenvalue weighted by atomic mass is 79.9. The molecule has 3 heterocycles. The first-order chi connectivity index (χ1) is 23.1. The summed E-state index contributed by atoms with van der Waals surface area (Å²) in [6.45, 7) is 15.9. The number of halogens is 1. The van der Waals surface area contributed by atoms with Crippen LogP contribution in [0.15, 0.2) is 59.3 Å². The lowest BCUT2D eigenvalue weighted by Gasteiger charge is -2.30. The molecule has 4 atom stereocenters. The minimum Gasteiger partial charge on any atom is -0.444 e. The van der Waals surface area contributed by atoms with Crippen LogP contribution in [-0.2, 0) is 16.0 Å². The van der Waals surface area contributed by atoms with Crippen molar-refractivity contribution in [3.05, 3.63) is 71.0 Å². The second kappa shape index (κ2) is 13.3. The van der Waals surface area contributed by atoms with Crippen molar-refractivity contribution >= 4 is 28.1 Å². The fraction of sp³-hybridized carbons (Fsp3) is 0.474. The molecule has 0 radical (unpaired) electrons. The van der Waals surface area contributed by atoms with Crippen molar-refractivity contribution in [2.45, 2.75) is 111 Å². The van der Waals surface area contributed by atoms with E-state index < -0.39 is 11.2 Å². The Morgan fingerprint density at radius 2 is 1.45 bits per heavy atom. The summed E-state index contributed by atoms with van der Waals surface area (Å²) in [6.07, 6.45) is 3.93. The molecule has 2 aromatic heterocycles. The van der Waals surface area contributed by atoms with Crippen molar-refractivity contribution in [1.29, 1.82) is 0 Å². The van der Waals surface area contributed by atoms with Crippen LogP contribution in [0.1, 0.15) is 92.3 Å².